The van der Waals surface area contributed by atoms with Gasteiger partial charge in [0.15, 0.2) is 0 Å². The molecular weight excluding hydrogens is 458 g/mol. The number of phenolic OH excluding ortho intramolecular Hbond substituents is 1. The third-order valence-electron chi connectivity index (χ3n) is 5.93. The molecule has 0 radical (unpaired) electrons. The second-order valence-corrected chi connectivity index (χ2v) is 8.59. The van der Waals surface area contributed by atoms with Gasteiger partial charge in [0.05, 0.1) is 12.6 Å². The van der Waals surface area contributed by atoms with Gasteiger partial charge in [0, 0.05) is 6.54 Å². The van der Waals surface area contributed by atoms with Crippen LogP contribution in [0.3, 0.4) is 0 Å². The summed E-state index contributed by atoms with van der Waals surface area (Å²) in [4.78, 5) is 51.2. The number of aliphatic hydroxyl groups excluding tert-OH is 1. The second-order valence-electron chi connectivity index (χ2n) is 8.59. The van der Waals surface area contributed by atoms with Crippen molar-refractivity contribution in [3.8, 4) is 5.75 Å². The number of benzene rings is 1. The van der Waals surface area contributed by atoms with E-state index in [-0.39, 0.29) is 25.1 Å². The minimum atomic E-state index is -1.30. The smallest absolute Gasteiger partial charge is 0.326 e. The summed E-state index contributed by atoms with van der Waals surface area (Å²) in [7, 11) is 0. The first kappa shape index (κ1) is 28.0. The van der Waals surface area contributed by atoms with E-state index in [0.717, 1.165) is 0 Å². The number of likely N-dealkylation sites (tertiary alicyclic amines) is 1. The van der Waals surface area contributed by atoms with Crippen molar-refractivity contribution in [3.63, 3.8) is 0 Å². The van der Waals surface area contributed by atoms with Crippen molar-refractivity contribution in [1.82, 2.24) is 15.5 Å². The van der Waals surface area contributed by atoms with Crippen LogP contribution in [0.25, 0.3) is 0 Å². The first-order valence-corrected chi connectivity index (χ1v) is 11.7. The maximum atomic E-state index is 13.0. The van der Waals surface area contributed by atoms with Crippen molar-refractivity contribution >= 4 is 23.7 Å². The van der Waals surface area contributed by atoms with Gasteiger partial charge in [-0.1, -0.05) is 12.1 Å². The molecule has 9 N–H and O–H groups in total. The molecule has 1 saturated heterocycles. The SMILES string of the molecule is NCCCCC(NC(=O)C1CCCN1C(=O)C(CO)NC(=O)C(N)Cc1ccc(O)cc1)C(=O)O. The third-order valence-corrected chi connectivity index (χ3v) is 5.93. The zero-order chi connectivity index (χ0) is 26.0. The van der Waals surface area contributed by atoms with Crippen molar-refractivity contribution in [2.75, 3.05) is 19.7 Å². The number of phenols is 1. The third kappa shape index (κ3) is 8.19. The zero-order valence-electron chi connectivity index (χ0n) is 19.6. The van der Waals surface area contributed by atoms with Crippen LogP contribution < -0.4 is 22.1 Å². The fourth-order valence-corrected chi connectivity index (χ4v) is 3.96. The molecule has 1 fully saturated rings. The minimum Gasteiger partial charge on any atom is -0.508 e. The van der Waals surface area contributed by atoms with E-state index in [2.05, 4.69) is 10.6 Å². The molecule has 0 saturated carbocycles. The monoisotopic (exact) mass is 493 g/mol. The number of nitrogens with one attached hydrogen (secondary N) is 2. The second kappa shape index (κ2) is 13.6. The number of carbonyl (C=O) groups excluding carboxylic acids is 3. The number of aliphatic hydroxyl groups is 1. The van der Waals surface area contributed by atoms with Crippen LogP contribution in [0.4, 0.5) is 0 Å². The Kier molecular flexibility index (Phi) is 10.9. The Morgan fingerprint density at radius 2 is 1.77 bits per heavy atom. The van der Waals surface area contributed by atoms with Crippen molar-refractivity contribution < 1.29 is 34.5 Å². The number of rotatable bonds is 13. The fourth-order valence-electron chi connectivity index (χ4n) is 3.96. The Morgan fingerprint density at radius 3 is 2.37 bits per heavy atom. The summed E-state index contributed by atoms with van der Waals surface area (Å²) < 4.78 is 0. The van der Waals surface area contributed by atoms with Gasteiger partial charge < -0.3 is 42.3 Å². The highest BCUT2D eigenvalue weighted by Gasteiger charge is 2.39. The van der Waals surface area contributed by atoms with Crippen LogP contribution in [0.1, 0.15) is 37.7 Å². The molecule has 4 unspecified atom stereocenters. The molecule has 0 spiro atoms. The Morgan fingerprint density at radius 1 is 1.09 bits per heavy atom. The van der Waals surface area contributed by atoms with Crippen LogP contribution in [-0.2, 0) is 25.6 Å². The largest absolute Gasteiger partial charge is 0.508 e. The van der Waals surface area contributed by atoms with Crippen LogP contribution in [-0.4, -0.2) is 87.8 Å². The molecule has 1 aromatic carbocycles. The molecule has 3 amide bonds. The van der Waals surface area contributed by atoms with Gasteiger partial charge in [-0.05, 0) is 62.8 Å². The predicted octanol–water partition coefficient (Wildman–Crippen LogP) is -1.57. The zero-order valence-corrected chi connectivity index (χ0v) is 19.6. The minimum absolute atomic E-state index is 0.0761. The lowest BCUT2D eigenvalue weighted by molar-refractivity contribution is -0.145. The lowest BCUT2D eigenvalue weighted by Gasteiger charge is -2.29. The van der Waals surface area contributed by atoms with Crippen LogP contribution in [0, 0.1) is 0 Å². The van der Waals surface area contributed by atoms with Gasteiger partial charge in [-0.3, -0.25) is 14.4 Å². The van der Waals surface area contributed by atoms with Gasteiger partial charge in [0.1, 0.15) is 23.9 Å². The quantitative estimate of drug-likeness (QED) is 0.158. The predicted molar refractivity (Wildman–Crippen MR) is 126 cm³/mol. The normalized spacial score (nSPS) is 17.9. The molecule has 1 aromatic rings. The average Bonchev–Trinajstić information content (AvgIpc) is 3.32. The molecule has 2 rings (SSSR count). The molecule has 12 nitrogen and oxygen atoms in total. The Hall–Kier alpha value is -3.22. The van der Waals surface area contributed by atoms with Crippen LogP contribution >= 0.6 is 0 Å². The van der Waals surface area contributed by atoms with E-state index in [9.17, 15) is 34.5 Å². The Bertz CT molecular complexity index is 880. The number of nitrogens with zero attached hydrogens (tertiary/aromatic N) is 1. The van der Waals surface area contributed by atoms with E-state index in [4.69, 9.17) is 11.5 Å². The highest BCUT2D eigenvalue weighted by Crippen LogP contribution is 2.19. The van der Waals surface area contributed by atoms with Crippen LogP contribution in [0.2, 0.25) is 0 Å². The van der Waals surface area contributed by atoms with Crippen molar-refractivity contribution in [1.29, 1.82) is 0 Å². The van der Waals surface area contributed by atoms with Crippen molar-refractivity contribution in [3.05, 3.63) is 29.8 Å². The van der Waals surface area contributed by atoms with Gasteiger partial charge in [0.25, 0.3) is 0 Å². The number of hydrogen-bond donors (Lipinski definition) is 7. The van der Waals surface area contributed by atoms with E-state index < -0.39 is 54.5 Å². The topological polar surface area (TPSA) is 208 Å². The van der Waals surface area contributed by atoms with Crippen LogP contribution in [0.15, 0.2) is 24.3 Å². The molecule has 4 atom stereocenters. The van der Waals surface area contributed by atoms with Crippen molar-refractivity contribution in [2.24, 2.45) is 11.5 Å². The van der Waals surface area contributed by atoms with E-state index in [0.29, 0.717) is 37.8 Å². The Labute approximate surface area is 203 Å². The molecule has 0 aliphatic carbocycles. The molecule has 35 heavy (non-hydrogen) atoms. The maximum absolute atomic E-state index is 13.0. The first-order chi connectivity index (χ1) is 16.7. The Balaban J connectivity index is 1.99. The van der Waals surface area contributed by atoms with Crippen LogP contribution in [0.5, 0.6) is 5.75 Å². The molecule has 0 bridgehead atoms. The number of nitrogens with two attached hydrogens (primary N) is 2. The van der Waals surface area contributed by atoms with E-state index in [1.54, 1.807) is 12.1 Å². The molecule has 12 heteroatoms. The number of aromatic hydroxyl groups is 1. The summed E-state index contributed by atoms with van der Waals surface area (Å²) in [6.45, 7) is -0.0516. The lowest BCUT2D eigenvalue weighted by atomic mass is 10.1. The number of carboxylic acids is 1. The molecule has 1 aliphatic rings. The summed E-state index contributed by atoms with van der Waals surface area (Å²) in [5.41, 5.74) is 12.1. The van der Waals surface area contributed by atoms with E-state index in [1.807, 2.05) is 0 Å². The number of amides is 3. The molecule has 1 heterocycles. The first-order valence-electron chi connectivity index (χ1n) is 11.7. The maximum Gasteiger partial charge on any atom is 0.326 e. The van der Waals surface area contributed by atoms with Gasteiger partial charge in [-0.2, -0.15) is 0 Å². The summed E-state index contributed by atoms with van der Waals surface area (Å²) in [6.07, 6.45) is 2.37. The summed E-state index contributed by atoms with van der Waals surface area (Å²) in [6, 6.07) is 1.84. The molecule has 1 aliphatic heterocycles. The number of aliphatic carboxylic acids is 1. The summed E-state index contributed by atoms with van der Waals surface area (Å²) in [5.74, 6) is -2.99. The number of carbonyl (C=O) groups is 4. The fraction of sp³-hybridized carbons (Fsp3) is 0.565. The van der Waals surface area contributed by atoms with Gasteiger partial charge >= 0.3 is 5.97 Å². The van der Waals surface area contributed by atoms with Gasteiger partial charge in [-0.25, -0.2) is 4.79 Å². The van der Waals surface area contributed by atoms with E-state index in [1.165, 1.54) is 17.0 Å². The molecule has 0 aromatic heterocycles. The highest BCUT2D eigenvalue weighted by molar-refractivity contribution is 5.94. The summed E-state index contributed by atoms with van der Waals surface area (Å²) in [5, 5.41) is 33.4. The van der Waals surface area contributed by atoms with E-state index >= 15 is 0 Å². The lowest BCUT2D eigenvalue weighted by Crippen LogP contribution is -2.58. The number of carboxylic acid groups (broad SMARTS) is 1. The standard InChI is InChI=1S/C23H35N5O7/c24-10-2-1-4-17(23(34)35)26-21(32)19-5-3-11-28(19)22(33)18(13-29)27-20(31)16(25)12-14-6-8-15(30)9-7-14/h6-9,16-19,29-30H,1-5,10-13,24-25H2,(H,26,32)(H,27,31)(H,34,35). The molecule has 194 valence electrons. The summed E-state index contributed by atoms with van der Waals surface area (Å²) >= 11 is 0. The average molecular weight is 494 g/mol. The number of hydrogen-bond acceptors (Lipinski definition) is 8. The van der Waals surface area contributed by atoms with Gasteiger partial charge in [-0.15, -0.1) is 0 Å². The highest BCUT2D eigenvalue weighted by atomic mass is 16.4. The van der Waals surface area contributed by atoms with Gasteiger partial charge in [0.2, 0.25) is 17.7 Å². The molecular formula is C23H35N5O7. The number of unbranched alkanes of at least 4 members (excludes halogenated alkanes) is 1. The van der Waals surface area contributed by atoms with Crippen molar-refractivity contribution in [2.45, 2.75) is 62.7 Å².